The van der Waals surface area contributed by atoms with E-state index in [0.717, 1.165) is 42.8 Å². The number of likely N-dealkylation sites (N-methyl/N-ethyl adjacent to an activating group) is 1. The molecule has 1 aliphatic heterocycles. The van der Waals surface area contributed by atoms with Crippen LogP contribution in [0.3, 0.4) is 0 Å². The predicted molar refractivity (Wildman–Crippen MR) is 157 cm³/mol. The summed E-state index contributed by atoms with van der Waals surface area (Å²) in [6.07, 6.45) is 3.15. The van der Waals surface area contributed by atoms with Gasteiger partial charge in [-0.2, -0.15) is 0 Å². The maximum Gasteiger partial charge on any atom is 0.243 e. The van der Waals surface area contributed by atoms with E-state index in [-0.39, 0.29) is 17.8 Å². The highest BCUT2D eigenvalue weighted by Crippen LogP contribution is 2.42. The number of benzene rings is 2. The molecule has 1 heterocycles. The van der Waals surface area contributed by atoms with Crippen LogP contribution >= 0.6 is 0 Å². The smallest absolute Gasteiger partial charge is 0.243 e. The molecule has 2 aliphatic rings. The Morgan fingerprint density at radius 2 is 1.73 bits per heavy atom. The fraction of sp³-hybridized carbons (Fsp3) is 0.531. The van der Waals surface area contributed by atoms with Gasteiger partial charge in [0, 0.05) is 43.2 Å². The third-order valence-electron chi connectivity index (χ3n) is 7.84. The Morgan fingerprint density at radius 3 is 2.46 bits per heavy atom. The second kappa shape index (κ2) is 16.0. The monoisotopic (exact) mass is 569 g/mol. The summed E-state index contributed by atoms with van der Waals surface area (Å²) < 4.78 is 37.3. The van der Waals surface area contributed by atoms with Crippen molar-refractivity contribution in [2.45, 2.75) is 30.8 Å². The van der Waals surface area contributed by atoms with Crippen LogP contribution in [0.5, 0.6) is 5.75 Å². The zero-order chi connectivity index (χ0) is 29.0. The van der Waals surface area contributed by atoms with E-state index in [1.54, 1.807) is 6.07 Å². The van der Waals surface area contributed by atoms with Gasteiger partial charge in [0.15, 0.2) is 0 Å². The van der Waals surface area contributed by atoms with Gasteiger partial charge in [-0.3, -0.25) is 9.69 Å². The number of fused-ring (bicyclic) bond motifs is 1. The van der Waals surface area contributed by atoms with Crippen molar-refractivity contribution in [1.29, 1.82) is 0 Å². The average Bonchev–Trinajstić information content (AvgIpc) is 3.61. The van der Waals surface area contributed by atoms with Crippen molar-refractivity contribution in [2.75, 3.05) is 80.0 Å². The molecule has 1 saturated heterocycles. The van der Waals surface area contributed by atoms with E-state index in [4.69, 9.17) is 18.9 Å². The van der Waals surface area contributed by atoms with Crippen LogP contribution in [-0.2, 0) is 25.4 Å². The first-order valence-electron chi connectivity index (χ1n) is 14.5. The van der Waals surface area contributed by atoms with Gasteiger partial charge in [0.1, 0.15) is 18.2 Å². The highest BCUT2D eigenvalue weighted by molar-refractivity contribution is 5.86. The standard InChI is InChI=1S/C32H44FN3O5/c1-4-31(37)34-13-14-38-15-16-39-17-18-40-19-20-41-26-9-5-8-25(21-26)27-22-36(23-30(27)35(2)3)29-12-11-24-7-6-10-28(33)32(24)29/h4-10,21,27,29-30H,1,11-20,22-23H2,2-3H3,(H,34,37)/t27-,29+,30+/m1/s1. The Kier molecular flexibility index (Phi) is 12.1. The minimum atomic E-state index is -0.207. The fourth-order valence-electron chi connectivity index (χ4n) is 5.81. The van der Waals surface area contributed by atoms with E-state index in [0.29, 0.717) is 64.8 Å². The summed E-state index contributed by atoms with van der Waals surface area (Å²) >= 11 is 0. The molecule has 41 heavy (non-hydrogen) atoms. The van der Waals surface area contributed by atoms with Gasteiger partial charge in [-0.1, -0.05) is 30.8 Å². The molecule has 0 radical (unpaired) electrons. The summed E-state index contributed by atoms with van der Waals surface area (Å²) in [6.45, 7) is 8.89. The number of halogens is 1. The lowest BCUT2D eigenvalue weighted by Gasteiger charge is -2.26. The van der Waals surface area contributed by atoms with Crippen LogP contribution in [0, 0.1) is 5.82 Å². The Balaban J connectivity index is 1.16. The zero-order valence-corrected chi connectivity index (χ0v) is 24.4. The molecule has 1 fully saturated rings. The Hall–Kier alpha value is -2.82. The van der Waals surface area contributed by atoms with Gasteiger partial charge in [0.05, 0.1) is 39.6 Å². The van der Waals surface area contributed by atoms with E-state index in [1.165, 1.54) is 11.6 Å². The number of carbonyl (C=O) groups excluding carboxylic acids is 1. The van der Waals surface area contributed by atoms with Gasteiger partial charge in [0.2, 0.25) is 5.91 Å². The molecule has 1 aliphatic carbocycles. The van der Waals surface area contributed by atoms with Crippen molar-refractivity contribution in [3.63, 3.8) is 0 Å². The van der Waals surface area contributed by atoms with Crippen LogP contribution < -0.4 is 10.1 Å². The molecule has 0 unspecified atom stereocenters. The number of likely N-dealkylation sites (tertiary alicyclic amines) is 1. The molecule has 9 heteroatoms. The molecule has 8 nitrogen and oxygen atoms in total. The van der Waals surface area contributed by atoms with Gasteiger partial charge < -0.3 is 29.2 Å². The topological polar surface area (TPSA) is 72.5 Å². The molecule has 0 bridgehead atoms. The van der Waals surface area contributed by atoms with Gasteiger partial charge in [-0.15, -0.1) is 0 Å². The van der Waals surface area contributed by atoms with Crippen molar-refractivity contribution in [2.24, 2.45) is 0 Å². The molecular weight excluding hydrogens is 525 g/mol. The molecule has 0 aromatic heterocycles. The summed E-state index contributed by atoms with van der Waals surface area (Å²) in [6, 6.07) is 14.3. The van der Waals surface area contributed by atoms with Crippen molar-refractivity contribution < 1.29 is 28.1 Å². The maximum atomic E-state index is 14.8. The predicted octanol–water partition coefficient (Wildman–Crippen LogP) is 3.57. The van der Waals surface area contributed by atoms with Crippen LogP contribution in [0.4, 0.5) is 4.39 Å². The minimum absolute atomic E-state index is 0.0732. The van der Waals surface area contributed by atoms with Crippen molar-refractivity contribution >= 4 is 5.91 Å². The van der Waals surface area contributed by atoms with Crippen molar-refractivity contribution in [3.8, 4) is 5.75 Å². The number of hydrogen-bond acceptors (Lipinski definition) is 7. The number of aryl methyl sites for hydroxylation is 1. The molecule has 0 spiro atoms. The SMILES string of the molecule is C=CC(=O)NCCOCCOCCOCCOc1cccc([C@H]2CN([C@H]3CCc4cccc(F)c43)C[C@@H]2N(C)C)c1. The number of nitrogens with zero attached hydrogens (tertiary/aromatic N) is 2. The van der Waals surface area contributed by atoms with Crippen LogP contribution in [0.25, 0.3) is 0 Å². The number of nitrogens with one attached hydrogen (secondary N) is 1. The first-order valence-corrected chi connectivity index (χ1v) is 14.5. The first-order chi connectivity index (χ1) is 20.0. The van der Waals surface area contributed by atoms with E-state index in [1.807, 2.05) is 12.1 Å². The zero-order valence-electron chi connectivity index (χ0n) is 24.4. The Morgan fingerprint density at radius 1 is 1.02 bits per heavy atom. The van der Waals surface area contributed by atoms with Crippen LogP contribution in [0.1, 0.15) is 35.1 Å². The third-order valence-corrected chi connectivity index (χ3v) is 7.84. The van der Waals surface area contributed by atoms with Gasteiger partial charge >= 0.3 is 0 Å². The molecule has 4 rings (SSSR count). The van der Waals surface area contributed by atoms with Crippen molar-refractivity contribution in [3.05, 3.63) is 77.6 Å². The van der Waals surface area contributed by atoms with E-state index in [9.17, 15) is 9.18 Å². The van der Waals surface area contributed by atoms with E-state index in [2.05, 4.69) is 60.1 Å². The molecule has 3 atom stereocenters. The first kappa shape index (κ1) is 31.1. The molecule has 1 amide bonds. The second-order valence-electron chi connectivity index (χ2n) is 10.7. The maximum absolute atomic E-state index is 14.8. The highest BCUT2D eigenvalue weighted by Gasteiger charge is 2.41. The van der Waals surface area contributed by atoms with Crippen LogP contribution in [0.2, 0.25) is 0 Å². The second-order valence-corrected chi connectivity index (χ2v) is 10.7. The normalized spacial score (nSPS) is 20.3. The fourth-order valence-corrected chi connectivity index (χ4v) is 5.81. The number of hydrogen-bond donors (Lipinski definition) is 1. The van der Waals surface area contributed by atoms with Crippen molar-refractivity contribution in [1.82, 2.24) is 15.1 Å². The van der Waals surface area contributed by atoms with Gasteiger partial charge in [-0.25, -0.2) is 4.39 Å². The van der Waals surface area contributed by atoms with E-state index < -0.39 is 0 Å². The molecule has 224 valence electrons. The third kappa shape index (κ3) is 8.83. The van der Waals surface area contributed by atoms with Crippen LogP contribution in [-0.4, -0.2) is 102 Å². The number of ether oxygens (including phenoxy) is 4. The Labute approximate surface area is 243 Å². The van der Waals surface area contributed by atoms with E-state index >= 15 is 0 Å². The summed E-state index contributed by atoms with van der Waals surface area (Å²) in [5.74, 6) is 0.863. The van der Waals surface area contributed by atoms with Crippen LogP contribution in [0.15, 0.2) is 55.1 Å². The summed E-state index contributed by atoms with van der Waals surface area (Å²) in [5, 5.41) is 2.65. The summed E-state index contributed by atoms with van der Waals surface area (Å²) in [7, 11) is 4.26. The lowest BCUT2D eigenvalue weighted by Crippen LogP contribution is -2.35. The molecule has 1 N–H and O–H groups in total. The molecule has 0 saturated carbocycles. The number of amides is 1. The largest absolute Gasteiger partial charge is 0.491 e. The average molecular weight is 570 g/mol. The lowest BCUT2D eigenvalue weighted by atomic mass is 9.93. The molecule has 2 aromatic carbocycles. The van der Waals surface area contributed by atoms with Gasteiger partial charge in [0.25, 0.3) is 0 Å². The summed E-state index contributed by atoms with van der Waals surface area (Å²) in [5.41, 5.74) is 3.30. The molecule has 2 aromatic rings. The number of carbonyl (C=O) groups is 1. The Bertz CT molecular complexity index is 1130. The summed E-state index contributed by atoms with van der Waals surface area (Å²) in [4.78, 5) is 15.8. The highest BCUT2D eigenvalue weighted by atomic mass is 19.1. The number of rotatable bonds is 17. The quantitative estimate of drug-likeness (QED) is 0.231. The minimum Gasteiger partial charge on any atom is -0.491 e. The molecular formula is C32H44FN3O5. The van der Waals surface area contributed by atoms with Gasteiger partial charge in [-0.05, 0) is 62.3 Å². The lowest BCUT2D eigenvalue weighted by molar-refractivity contribution is -0.116.